The minimum atomic E-state index is -0.491. The van der Waals surface area contributed by atoms with Gasteiger partial charge < -0.3 is 24.4 Å². The third-order valence-corrected chi connectivity index (χ3v) is 9.40. The zero-order valence-corrected chi connectivity index (χ0v) is 34.1. The van der Waals surface area contributed by atoms with Gasteiger partial charge in [0.25, 0.3) is 0 Å². The lowest BCUT2D eigenvalue weighted by atomic mass is 9.95. The Morgan fingerprint density at radius 1 is 0.540 bits per heavy atom. The maximum Gasteiger partial charge on any atom is 0.407 e. The van der Waals surface area contributed by atoms with Crippen LogP contribution in [0.4, 0.5) is 4.79 Å². The number of carbonyl (C=O) groups excluding carboxylic acids is 3. The molecule has 0 aliphatic rings. The lowest BCUT2D eigenvalue weighted by Gasteiger charge is -2.23. The maximum atomic E-state index is 12.2. The Morgan fingerprint density at radius 3 is 1.32 bits per heavy atom. The van der Waals surface area contributed by atoms with Gasteiger partial charge in [-0.15, -0.1) is 0 Å². The molecule has 296 valence electrons. The molecule has 0 unspecified atom stereocenters. The molecular weight excluding hydrogens is 628 g/mol. The number of hydrogen-bond donors (Lipinski definition) is 1. The molecule has 0 fully saturated rings. The molecule has 1 amide bonds. The number of hydrogen-bond acceptors (Lipinski definition) is 7. The van der Waals surface area contributed by atoms with Crippen LogP contribution in [0.1, 0.15) is 196 Å². The lowest BCUT2D eigenvalue weighted by Crippen LogP contribution is -2.35. The molecule has 0 aliphatic carbocycles. The summed E-state index contributed by atoms with van der Waals surface area (Å²) in [5, 5.41) is 2.89. The fourth-order valence-electron chi connectivity index (χ4n) is 6.74. The molecule has 0 aliphatic heterocycles. The number of carbonyl (C=O) groups is 3. The second kappa shape index (κ2) is 33.0. The van der Waals surface area contributed by atoms with Crippen LogP contribution >= 0.6 is 0 Å². The zero-order valence-electron chi connectivity index (χ0n) is 34.1. The highest BCUT2D eigenvalue weighted by molar-refractivity contribution is 5.69. The van der Waals surface area contributed by atoms with E-state index in [1.165, 1.54) is 51.4 Å². The molecule has 0 heterocycles. The summed E-state index contributed by atoms with van der Waals surface area (Å²) >= 11 is 0. The van der Waals surface area contributed by atoms with Crippen LogP contribution in [0.5, 0.6) is 0 Å². The Kier molecular flexibility index (Phi) is 31.8. The van der Waals surface area contributed by atoms with Gasteiger partial charge in [0, 0.05) is 19.4 Å². The van der Waals surface area contributed by atoms with Gasteiger partial charge in [0.15, 0.2) is 0 Å². The van der Waals surface area contributed by atoms with Crippen LogP contribution in [0.15, 0.2) is 0 Å². The summed E-state index contributed by atoms with van der Waals surface area (Å²) in [7, 11) is 0. The summed E-state index contributed by atoms with van der Waals surface area (Å²) in [6.07, 6.45) is 24.1. The Bertz CT molecular complexity index is 755. The normalized spacial score (nSPS) is 11.8. The molecule has 0 aromatic heterocycles. The minimum Gasteiger partial charge on any atom is -0.466 e. The molecule has 0 bridgehead atoms. The predicted molar refractivity (Wildman–Crippen MR) is 208 cm³/mol. The van der Waals surface area contributed by atoms with Gasteiger partial charge in [-0.05, 0) is 97.2 Å². The Labute approximate surface area is 309 Å². The zero-order chi connectivity index (χ0) is 37.3. The highest BCUT2D eigenvalue weighted by Gasteiger charge is 2.16. The van der Waals surface area contributed by atoms with Gasteiger partial charge in [-0.25, -0.2) is 4.79 Å². The van der Waals surface area contributed by atoms with Crippen molar-refractivity contribution in [2.24, 2.45) is 11.8 Å². The van der Waals surface area contributed by atoms with E-state index in [1.807, 2.05) is 20.8 Å². The molecule has 8 nitrogen and oxygen atoms in total. The van der Waals surface area contributed by atoms with Crippen molar-refractivity contribution in [1.29, 1.82) is 0 Å². The fourth-order valence-corrected chi connectivity index (χ4v) is 6.74. The van der Waals surface area contributed by atoms with Gasteiger partial charge in [-0.1, -0.05) is 118 Å². The van der Waals surface area contributed by atoms with E-state index in [9.17, 15) is 14.4 Å². The molecule has 0 rings (SSSR count). The number of esters is 2. The number of nitrogens with one attached hydrogen (secondary N) is 1. The van der Waals surface area contributed by atoms with Crippen LogP contribution in [-0.4, -0.2) is 67.9 Å². The summed E-state index contributed by atoms with van der Waals surface area (Å²) in [4.78, 5) is 38.9. The largest absolute Gasteiger partial charge is 0.466 e. The maximum absolute atomic E-state index is 12.2. The topological polar surface area (TPSA) is 94.2 Å². The van der Waals surface area contributed by atoms with Gasteiger partial charge in [-0.3, -0.25) is 9.59 Å². The SMILES string of the molecule is CCCC(CCC)CCOC(=O)CCCCCCCN(CCCCCCCC(=O)OCCC(CCC)CCC)CCCNC(=O)OC(C)(C)C. The van der Waals surface area contributed by atoms with Crippen molar-refractivity contribution in [2.45, 2.75) is 202 Å². The number of ether oxygens (including phenoxy) is 3. The van der Waals surface area contributed by atoms with E-state index < -0.39 is 5.60 Å². The van der Waals surface area contributed by atoms with Crippen molar-refractivity contribution in [3.8, 4) is 0 Å². The molecule has 0 aromatic rings. The molecule has 0 saturated heterocycles. The van der Waals surface area contributed by atoms with Crippen molar-refractivity contribution in [3.05, 3.63) is 0 Å². The smallest absolute Gasteiger partial charge is 0.407 e. The van der Waals surface area contributed by atoms with E-state index in [4.69, 9.17) is 14.2 Å². The van der Waals surface area contributed by atoms with Gasteiger partial charge in [0.2, 0.25) is 0 Å². The first kappa shape index (κ1) is 48.2. The Morgan fingerprint density at radius 2 is 0.920 bits per heavy atom. The first-order valence-electron chi connectivity index (χ1n) is 21.0. The van der Waals surface area contributed by atoms with E-state index in [2.05, 4.69) is 37.9 Å². The van der Waals surface area contributed by atoms with Crippen LogP contribution < -0.4 is 5.32 Å². The van der Waals surface area contributed by atoms with Crippen LogP contribution in [0.2, 0.25) is 0 Å². The van der Waals surface area contributed by atoms with Gasteiger partial charge in [0.1, 0.15) is 5.60 Å². The van der Waals surface area contributed by atoms with Crippen molar-refractivity contribution in [1.82, 2.24) is 10.2 Å². The molecule has 8 heteroatoms. The molecule has 0 aromatic carbocycles. The van der Waals surface area contributed by atoms with Crippen molar-refractivity contribution in [3.63, 3.8) is 0 Å². The molecule has 1 N–H and O–H groups in total. The monoisotopic (exact) mass is 711 g/mol. The summed E-state index contributed by atoms with van der Waals surface area (Å²) in [5.74, 6) is 1.29. The van der Waals surface area contributed by atoms with E-state index >= 15 is 0 Å². The standard InChI is InChI=1S/C42H82N2O6/c1-8-23-37(24-9-2)29-35-48-39(45)27-18-14-12-16-20-32-44(34-22-31-43-41(47)50-42(5,6)7)33-21-17-13-15-19-28-40(46)49-36-30-38(25-10-3)26-11-4/h37-38H,8-36H2,1-7H3,(H,43,47). The van der Waals surface area contributed by atoms with Crippen LogP contribution in [0.25, 0.3) is 0 Å². The number of amides is 1. The van der Waals surface area contributed by atoms with Gasteiger partial charge >= 0.3 is 18.0 Å². The minimum absolute atomic E-state index is 0.0406. The quantitative estimate of drug-likeness (QED) is 0.0403. The van der Waals surface area contributed by atoms with Crippen molar-refractivity contribution in [2.75, 3.05) is 39.4 Å². The molecule has 0 saturated carbocycles. The molecule has 0 atom stereocenters. The Balaban J connectivity index is 4.30. The lowest BCUT2D eigenvalue weighted by molar-refractivity contribution is -0.145. The van der Waals surface area contributed by atoms with E-state index in [0.717, 1.165) is 103 Å². The number of alkyl carbamates (subject to hydrolysis) is 1. The average Bonchev–Trinajstić information content (AvgIpc) is 3.05. The first-order chi connectivity index (χ1) is 24.0. The summed E-state index contributed by atoms with van der Waals surface area (Å²) in [6, 6.07) is 0. The number of unbranched alkanes of at least 4 members (excludes halogenated alkanes) is 8. The van der Waals surface area contributed by atoms with Crippen LogP contribution in [0.3, 0.4) is 0 Å². The summed E-state index contributed by atoms with van der Waals surface area (Å²) < 4.78 is 16.4. The van der Waals surface area contributed by atoms with E-state index in [-0.39, 0.29) is 18.0 Å². The fraction of sp³-hybridized carbons (Fsp3) is 0.929. The second-order valence-corrected chi connectivity index (χ2v) is 15.6. The third kappa shape index (κ3) is 32.1. The molecule has 0 spiro atoms. The highest BCUT2D eigenvalue weighted by atomic mass is 16.6. The molecule has 50 heavy (non-hydrogen) atoms. The van der Waals surface area contributed by atoms with Crippen LogP contribution in [-0.2, 0) is 23.8 Å². The number of rotatable bonds is 34. The van der Waals surface area contributed by atoms with Gasteiger partial charge in [0.05, 0.1) is 13.2 Å². The third-order valence-electron chi connectivity index (χ3n) is 9.40. The average molecular weight is 711 g/mol. The van der Waals surface area contributed by atoms with Crippen LogP contribution in [0, 0.1) is 11.8 Å². The molecular formula is C42H82N2O6. The summed E-state index contributed by atoms with van der Waals surface area (Å²) in [5.41, 5.74) is -0.491. The predicted octanol–water partition coefficient (Wildman–Crippen LogP) is 11.2. The first-order valence-corrected chi connectivity index (χ1v) is 21.0. The number of nitrogens with zero attached hydrogens (tertiary/aromatic N) is 1. The van der Waals surface area contributed by atoms with E-state index in [1.54, 1.807) is 0 Å². The molecule has 0 radical (unpaired) electrons. The van der Waals surface area contributed by atoms with Gasteiger partial charge in [-0.2, -0.15) is 0 Å². The second-order valence-electron chi connectivity index (χ2n) is 15.6. The van der Waals surface area contributed by atoms with Crippen molar-refractivity contribution >= 4 is 18.0 Å². The Hall–Kier alpha value is -1.83. The highest BCUT2D eigenvalue weighted by Crippen LogP contribution is 2.19. The van der Waals surface area contributed by atoms with Crippen molar-refractivity contribution < 1.29 is 28.6 Å². The van der Waals surface area contributed by atoms with E-state index in [0.29, 0.717) is 44.4 Å². The summed E-state index contributed by atoms with van der Waals surface area (Å²) in [6.45, 7) is 19.3.